The van der Waals surface area contributed by atoms with Crippen molar-refractivity contribution >= 4 is 5.91 Å². The third-order valence-electron chi connectivity index (χ3n) is 2.75. The minimum Gasteiger partial charge on any atom is -0.496 e. The van der Waals surface area contributed by atoms with Gasteiger partial charge in [0.25, 0.3) is 0 Å². The molecule has 4 nitrogen and oxygen atoms in total. The summed E-state index contributed by atoms with van der Waals surface area (Å²) in [5.41, 5.74) is 0.829. The maximum Gasteiger partial charge on any atom is 0.244 e. The summed E-state index contributed by atoms with van der Waals surface area (Å²) in [6.07, 6.45) is 2.79. The van der Waals surface area contributed by atoms with Crippen molar-refractivity contribution in [3.63, 3.8) is 0 Å². The molecule has 0 aliphatic rings. The quantitative estimate of drug-likeness (QED) is 0.838. The molecule has 0 aliphatic heterocycles. The SMILES string of the molecule is C=CC(=O)NC(c1ccco1)c1ccccc1OC. The van der Waals surface area contributed by atoms with Crippen LogP contribution in [0.1, 0.15) is 17.4 Å². The van der Waals surface area contributed by atoms with Gasteiger partial charge < -0.3 is 14.5 Å². The summed E-state index contributed by atoms with van der Waals surface area (Å²) >= 11 is 0. The topological polar surface area (TPSA) is 51.5 Å². The number of methoxy groups -OCH3 is 1. The Labute approximate surface area is 111 Å². The second kappa shape index (κ2) is 5.91. The predicted octanol–water partition coefficient (Wildman–Crippen LogP) is 2.68. The zero-order valence-corrected chi connectivity index (χ0v) is 10.6. The summed E-state index contributed by atoms with van der Waals surface area (Å²) in [5, 5.41) is 2.83. The summed E-state index contributed by atoms with van der Waals surface area (Å²) < 4.78 is 10.7. The van der Waals surface area contributed by atoms with Gasteiger partial charge in [-0.15, -0.1) is 0 Å². The third kappa shape index (κ3) is 2.85. The molecule has 0 saturated heterocycles. The number of hydrogen-bond acceptors (Lipinski definition) is 3. The van der Waals surface area contributed by atoms with E-state index in [2.05, 4.69) is 11.9 Å². The molecular weight excluding hydrogens is 242 g/mol. The molecule has 1 atom stereocenters. The van der Waals surface area contributed by atoms with Crippen molar-refractivity contribution in [2.75, 3.05) is 7.11 Å². The van der Waals surface area contributed by atoms with Crippen molar-refractivity contribution < 1.29 is 13.9 Å². The first-order chi connectivity index (χ1) is 9.26. The van der Waals surface area contributed by atoms with Crippen LogP contribution in [0.15, 0.2) is 59.7 Å². The number of nitrogens with one attached hydrogen (secondary N) is 1. The fourth-order valence-electron chi connectivity index (χ4n) is 1.86. The van der Waals surface area contributed by atoms with Gasteiger partial charge in [-0.3, -0.25) is 4.79 Å². The first kappa shape index (κ1) is 13.0. The van der Waals surface area contributed by atoms with Crippen molar-refractivity contribution in [3.05, 3.63) is 66.6 Å². The number of carbonyl (C=O) groups excluding carboxylic acids is 1. The molecule has 98 valence electrons. The molecule has 19 heavy (non-hydrogen) atoms. The van der Waals surface area contributed by atoms with Crippen LogP contribution in [-0.4, -0.2) is 13.0 Å². The lowest BCUT2D eigenvalue weighted by molar-refractivity contribution is -0.117. The highest BCUT2D eigenvalue weighted by Crippen LogP contribution is 2.30. The van der Waals surface area contributed by atoms with Crippen LogP contribution in [0, 0.1) is 0 Å². The highest BCUT2D eigenvalue weighted by molar-refractivity contribution is 5.87. The van der Waals surface area contributed by atoms with Gasteiger partial charge in [0.05, 0.1) is 13.4 Å². The van der Waals surface area contributed by atoms with E-state index in [0.717, 1.165) is 5.56 Å². The number of rotatable bonds is 5. The van der Waals surface area contributed by atoms with Crippen LogP contribution in [0.4, 0.5) is 0 Å². The van der Waals surface area contributed by atoms with Gasteiger partial charge in [0.2, 0.25) is 5.91 Å². The summed E-state index contributed by atoms with van der Waals surface area (Å²) in [6.45, 7) is 3.46. The summed E-state index contributed by atoms with van der Waals surface area (Å²) in [6, 6.07) is 10.7. The number of carbonyl (C=O) groups is 1. The predicted molar refractivity (Wildman–Crippen MR) is 71.9 cm³/mol. The van der Waals surface area contributed by atoms with E-state index in [1.165, 1.54) is 6.08 Å². The minimum absolute atomic E-state index is 0.271. The van der Waals surface area contributed by atoms with Gasteiger partial charge in [0, 0.05) is 5.56 Å². The Kier molecular flexibility index (Phi) is 4.03. The molecule has 0 spiro atoms. The van der Waals surface area contributed by atoms with E-state index in [1.807, 2.05) is 24.3 Å². The van der Waals surface area contributed by atoms with Crippen LogP contribution in [0.25, 0.3) is 0 Å². The first-order valence-electron chi connectivity index (χ1n) is 5.85. The lowest BCUT2D eigenvalue weighted by Gasteiger charge is -2.18. The molecule has 2 aromatic rings. The van der Waals surface area contributed by atoms with E-state index >= 15 is 0 Å². The van der Waals surface area contributed by atoms with Crippen LogP contribution in [0.5, 0.6) is 5.75 Å². The van der Waals surface area contributed by atoms with Crippen LogP contribution >= 0.6 is 0 Å². The lowest BCUT2D eigenvalue weighted by Crippen LogP contribution is -2.27. The van der Waals surface area contributed by atoms with Crippen molar-refractivity contribution in [2.24, 2.45) is 0 Å². The molecule has 0 saturated carbocycles. The van der Waals surface area contributed by atoms with Crippen molar-refractivity contribution in [3.8, 4) is 5.75 Å². The molecule has 1 aromatic carbocycles. The Balaban J connectivity index is 2.42. The Bertz CT molecular complexity index is 561. The molecule has 1 N–H and O–H groups in total. The van der Waals surface area contributed by atoms with Gasteiger partial charge in [-0.05, 0) is 24.3 Å². The standard InChI is InChI=1S/C15H15NO3/c1-3-14(17)16-15(13-9-6-10-19-13)11-7-4-5-8-12(11)18-2/h3-10,15H,1H2,2H3,(H,16,17). The first-order valence-corrected chi connectivity index (χ1v) is 5.85. The van der Waals surface area contributed by atoms with Gasteiger partial charge in [-0.2, -0.15) is 0 Å². The van der Waals surface area contributed by atoms with Gasteiger partial charge in [-0.1, -0.05) is 24.8 Å². The molecule has 0 aliphatic carbocycles. The average Bonchev–Trinajstić information content (AvgIpc) is 2.98. The minimum atomic E-state index is -0.406. The van der Waals surface area contributed by atoms with E-state index in [4.69, 9.17) is 9.15 Å². The molecule has 1 amide bonds. The second-order valence-electron chi connectivity index (χ2n) is 3.90. The van der Waals surface area contributed by atoms with Crippen molar-refractivity contribution in [1.29, 1.82) is 0 Å². The van der Waals surface area contributed by atoms with Gasteiger partial charge in [0.1, 0.15) is 17.6 Å². The number of ether oxygens (including phenoxy) is 1. The van der Waals surface area contributed by atoms with E-state index in [-0.39, 0.29) is 5.91 Å². The fourth-order valence-corrected chi connectivity index (χ4v) is 1.86. The number of amides is 1. The van der Waals surface area contributed by atoms with E-state index in [1.54, 1.807) is 25.5 Å². The number of hydrogen-bond donors (Lipinski definition) is 1. The Morgan fingerprint density at radius 3 is 2.79 bits per heavy atom. The average molecular weight is 257 g/mol. The Morgan fingerprint density at radius 1 is 1.37 bits per heavy atom. The second-order valence-corrected chi connectivity index (χ2v) is 3.90. The monoisotopic (exact) mass is 257 g/mol. The van der Waals surface area contributed by atoms with Gasteiger partial charge in [0.15, 0.2) is 0 Å². The molecule has 1 aromatic heterocycles. The van der Waals surface area contributed by atoms with E-state index < -0.39 is 6.04 Å². The van der Waals surface area contributed by atoms with Gasteiger partial charge >= 0.3 is 0 Å². The normalized spacial score (nSPS) is 11.6. The molecule has 0 bridgehead atoms. The molecule has 0 fully saturated rings. The number of furan rings is 1. The third-order valence-corrected chi connectivity index (χ3v) is 2.75. The van der Waals surface area contributed by atoms with Gasteiger partial charge in [-0.25, -0.2) is 0 Å². The highest BCUT2D eigenvalue weighted by atomic mass is 16.5. The summed E-state index contributed by atoms with van der Waals surface area (Å²) in [4.78, 5) is 11.6. The highest BCUT2D eigenvalue weighted by Gasteiger charge is 2.21. The smallest absolute Gasteiger partial charge is 0.244 e. The largest absolute Gasteiger partial charge is 0.496 e. The lowest BCUT2D eigenvalue weighted by atomic mass is 10.0. The summed E-state index contributed by atoms with van der Waals surface area (Å²) in [7, 11) is 1.59. The maximum absolute atomic E-state index is 11.6. The molecule has 1 unspecified atom stereocenters. The molecule has 0 radical (unpaired) electrons. The maximum atomic E-state index is 11.6. The molecular formula is C15H15NO3. The van der Waals surface area contributed by atoms with Crippen LogP contribution in [-0.2, 0) is 4.79 Å². The molecule has 2 rings (SSSR count). The number of benzene rings is 1. The van der Waals surface area contributed by atoms with Crippen molar-refractivity contribution in [2.45, 2.75) is 6.04 Å². The zero-order valence-electron chi connectivity index (χ0n) is 10.6. The number of para-hydroxylation sites is 1. The van der Waals surface area contributed by atoms with E-state index in [0.29, 0.717) is 11.5 Å². The van der Waals surface area contributed by atoms with Crippen LogP contribution < -0.4 is 10.1 Å². The van der Waals surface area contributed by atoms with Crippen LogP contribution in [0.3, 0.4) is 0 Å². The van der Waals surface area contributed by atoms with Crippen molar-refractivity contribution in [1.82, 2.24) is 5.32 Å². The summed E-state index contributed by atoms with van der Waals surface area (Å²) in [5.74, 6) is 1.06. The molecule has 1 heterocycles. The zero-order chi connectivity index (χ0) is 13.7. The Morgan fingerprint density at radius 2 is 2.16 bits per heavy atom. The van der Waals surface area contributed by atoms with E-state index in [9.17, 15) is 4.79 Å². The molecule has 4 heteroatoms. The fraction of sp³-hybridized carbons (Fsp3) is 0.133. The Hall–Kier alpha value is -2.49. The van der Waals surface area contributed by atoms with Crippen LogP contribution in [0.2, 0.25) is 0 Å².